The second-order valence-corrected chi connectivity index (χ2v) is 4.29. The Kier molecular flexibility index (Phi) is 3.70. The molecular weight excluding hydrogens is 258 g/mol. The third-order valence-corrected chi connectivity index (χ3v) is 3.00. The molecule has 0 aliphatic rings. The van der Waals surface area contributed by atoms with Crippen LogP contribution in [0.25, 0.3) is 0 Å². The number of rotatable bonds is 4. The van der Waals surface area contributed by atoms with E-state index in [1.54, 1.807) is 25.1 Å². The fourth-order valence-corrected chi connectivity index (χ4v) is 1.94. The van der Waals surface area contributed by atoms with Gasteiger partial charge in [-0.15, -0.1) is 0 Å². The average molecular weight is 269 g/mol. The molecule has 0 amide bonds. The average Bonchev–Trinajstić information content (AvgIpc) is 2.46. The largest absolute Gasteiger partial charge is 0.298 e. The number of carbonyl (C=O) groups excluding carboxylic acids is 2. The van der Waals surface area contributed by atoms with Crippen LogP contribution in [-0.2, 0) is 0 Å². The van der Waals surface area contributed by atoms with Crippen molar-refractivity contribution < 1.29 is 14.5 Å². The first-order valence-corrected chi connectivity index (χ1v) is 5.88. The molecule has 100 valence electrons. The van der Waals surface area contributed by atoms with Gasteiger partial charge in [-0.05, 0) is 24.6 Å². The Labute approximate surface area is 115 Å². The van der Waals surface area contributed by atoms with Gasteiger partial charge in [0.25, 0.3) is 5.69 Å². The third-order valence-electron chi connectivity index (χ3n) is 3.00. The summed E-state index contributed by atoms with van der Waals surface area (Å²) in [5.74, 6) is -0.263. The summed E-state index contributed by atoms with van der Waals surface area (Å²) >= 11 is 0. The minimum absolute atomic E-state index is 0.102. The van der Waals surface area contributed by atoms with E-state index in [4.69, 9.17) is 0 Å². The molecule has 0 saturated heterocycles. The number of carbonyl (C=O) groups is 2. The second kappa shape index (κ2) is 5.44. The van der Waals surface area contributed by atoms with E-state index in [1.165, 1.54) is 18.2 Å². The Hall–Kier alpha value is -2.82. The minimum Gasteiger partial charge on any atom is -0.298 e. The highest BCUT2D eigenvalue weighted by Crippen LogP contribution is 2.21. The van der Waals surface area contributed by atoms with Crippen molar-refractivity contribution in [1.82, 2.24) is 0 Å². The fraction of sp³-hybridized carbons (Fsp3) is 0.0667. The standard InChI is InChI=1S/C15H11NO4/c1-10-4-2-3-5-13(10)15(18)11-6-7-14(16(19)20)12(8-11)9-17/h2-9H,1H3. The Morgan fingerprint density at radius 3 is 2.50 bits per heavy atom. The summed E-state index contributed by atoms with van der Waals surface area (Å²) in [6, 6.07) is 10.8. The molecular formula is C15H11NO4. The summed E-state index contributed by atoms with van der Waals surface area (Å²) in [6.07, 6.45) is 0.382. The van der Waals surface area contributed by atoms with E-state index >= 15 is 0 Å². The summed E-state index contributed by atoms with van der Waals surface area (Å²) in [4.78, 5) is 33.3. The quantitative estimate of drug-likeness (QED) is 0.370. The number of aldehydes is 1. The van der Waals surface area contributed by atoms with Crippen molar-refractivity contribution in [1.29, 1.82) is 0 Å². The normalized spacial score (nSPS) is 10.1. The third kappa shape index (κ3) is 2.47. The highest BCUT2D eigenvalue weighted by molar-refractivity contribution is 6.10. The van der Waals surface area contributed by atoms with Crippen molar-refractivity contribution in [3.63, 3.8) is 0 Å². The van der Waals surface area contributed by atoms with E-state index in [9.17, 15) is 19.7 Å². The number of hydrogen-bond acceptors (Lipinski definition) is 4. The van der Waals surface area contributed by atoms with Crippen LogP contribution in [0.15, 0.2) is 42.5 Å². The predicted octanol–water partition coefficient (Wildman–Crippen LogP) is 2.95. The first-order chi connectivity index (χ1) is 9.54. The lowest BCUT2D eigenvalue weighted by molar-refractivity contribution is -0.385. The van der Waals surface area contributed by atoms with Crippen LogP contribution in [0.5, 0.6) is 0 Å². The van der Waals surface area contributed by atoms with Gasteiger partial charge >= 0.3 is 0 Å². The van der Waals surface area contributed by atoms with Gasteiger partial charge in [0, 0.05) is 17.2 Å². The van der Waals surface area contributed by atoms with Gasteiger partial charge in [0.05, 0.1) is 10.5 Å². The van der Waals surface area contributed by atoms with Gasteiger partial charge in [-0.25, -0.2) is 0 Å². The molecule has 0 radical (unpaired) electrons. The topological polar surface area (TPSA) is 77.3 Å². The number of nitro benzene ring substituents is 1. The molecule has 0 aliphatic heterocycles. The van der Waals surface area contributed by atoms with Crippen LogP contribution in [0.4, 0.5) is 5.69 Å². The van der Waals surface area contributed by atoms with E-state index in [1.807, 2.05) is 6.07 Å². The van der Waals surface area contributed by atoms with E-state index in [0.717, 1.165) is 5.56 Å². The monoisotopic (exact) mass is 269 g/mol. The summed E-state index contributed by atoms with van der Waals surface area (Å²) in [6.45, 7) is 1.80. The molecule has 0 saturated carbocycles. The maximum Gasteiger partial charge on any atom is 0.279 e. The highest BCUT2D eigenvalue weighted by atomic mass is 16.6. The van der Waals surface area contributed by atoms with Crippen molar-refractivity contribution >= 4 is 17.8 Å². The number of benzene rings is 2. The zero-order chi connectivity index (χ0) is 14.7. The van der Waals surface area contributed by atoms with Crippen molar-refractivity contribution in [3.8, 4) is 0 Å². The maximum atomic E-state index is 12.3. The Morgan fingerprint density at radius 2 is 1.90 bits per heavy atom. The van der Waals surface area contributed by atoms with Crippen LogP contribution < -0.4 is 0 Å². The number of nitrogens with zero attached hydrogens (tertiary/aromatic N) is 1. The number of nitro groups is 1. The highest BCUT2D eigenvalue weighted by Gasteiger charge is 2.17. The molecule has 0 N–H and O–H groups in total. The second-order valence-electron chi connectivity index (χ2n) is 4.29. The Morgan fingerprint density at radius 1 is 1.20 bits per heavy atom. The van der Waals surface area contributed by atoms with Crippen molar-refractivity contribution in [2.45, 2.75) is 6.92 Å². The van der Waals surface area contributed by atoms with Gasteiger partial charge in [-0.3, -0.25) is 19.7 Å². The predicted molar refractivity (Wildman–Crippen MR) is 73.1 cm³/mol. The van der Waals surface area contributed by atoms with E-state index in [-0.39, 0.29) is 22.6 Å². The van der Waals surface area contributed by atoms with Crippen molar-refractivity contribution in [2.75, 3.05) is 0 Å². The van der Waals surface area contributed by atoms with Gasteiger partial charge in [-0.2, -0.15) is 0 Å². The van der Waals surface area contributed by atoms with Gasteiger partial charge in [0.1, 0.15) is 0 Å². The Bertz CT molecular complexity index is 707. The van der Waals surface area contributed by atoms with Crippen LogP contribution in [0.3, 0.4) is 0 Å². The van der Waals surface area contributed by atoms with Crippen molar-refractivity contribution in [3.05, 3.63) is 74.8 Å². The van der Waals surface area contributed by atoms with Gasteiger partial charge < -0.3 is 0 Å². The molecule has 0 fully saturated rings. The molecule has 0 aromatic heterocycles. The molecule has 0 atom stereocenters. The van der Waals surface area contributed by atoms with Gasteiger partial charge in [0.15, 0.2) is 12.1 Å². The zero-order valence-corrected chi connectivity index (χ0v) is 10.7. The minimum atomic E-state index is -0.647. The lowest BCUT2D eigenvalue weighted by atomic mass is 9.97. The molecule has 20 heavy (non-hydrogen) atoms. The van der Waals surface area contributed by atoms with Crippen LogP contribution >= 0.6 is 0 Å². The summed E-state index contributed by atoms with van der Waals surface area (Å²) < 4.78 is 0. The SMILES string of the molecule is Cc1ccccc1C(=O)c1ccc([N+](=O)[O-])c(C=O)c1. The van der Waals surface area contributed by atoms with E-state index in [0.29, 0.717) is 11.8 Å². The first-order valence-electron chi connectivity index (χ1n) is 5.88. The molecule has 5 heteroatoms. The summed E-state index contributed by atoms with van der Waals surface area (Å²) in [5, 5.41) is 10.7. The van der Waals surface area contributed by atoms with Crippen LogP contribution in [0.1, 0.15) is 31.8 Å². The molecule has 0 unspecified atom stereocenters. The smallest absolute Gasteiger partial charge is 0.279 e. The molecule has 5 nitrogen and oxygen atoms in total. The van der Waals surface area contributed by atoms with Gasteiger partial charge in [0.2, 0.25) is 0 Å². The molecule has 0 heterocycles. The van der Waals surface area contributed by atoms with Crippen molar-refractivity contribution in [2.24, 2.45) is 0 Å². The number of aryl methyl sites for hydroxylation is 1. The van der Waals surface area contributed by atoms with Crippen LogP contribution in [0.2, 0.25) is 0 Å². The molecule has 2 aromatic rings. The molecule has 0 bridgehead atoms. The number of ketones is 1. The fourth-order valence-electron chi connectivity index (χ4n) is 1.94. The first kappa shape index (κ1) is 13.6. The maximum absolute atomic E-state index is 12.3. The van der Waals surface area contributed by atoms with Crippen LogP contribution in [0, 0.1) is 17.0 Å². The zero-order valence-electron chi connectivity index (χ0n) is 10.7. The Balaban J connectivity index is 2.49. The van der Waals surface area contributed by atoms with Crippen LogP contribution in [-0.4, -0.2) is 17.0 Å². The molecule has 2 rings (SSSR count). The van der Waals surface area contributed by atoms with Gasteiger partial charge in [-0.1, -0.05) is 24.3 Å². The lowest BCUT2D eigenvalue weighted by Crippen LogP contribution is -2.05. The number of hydrogen-bond donors (Lipinski definition) is 0. The van der Waals surface area contributed by atoms with E-state index < -0.39 is 4.92 Å². The molecule has 2 aromatic carbocycles. The lowest BCUT2D eigenvalue weighted by Gasteiger charge is -2.05. The molecule has 0 aliphatic carbocycles. The van der Waals surface area contributed by atoms with E-state index in [2.05, 4.69) is 0 Å². The summed E-state index contributed by atoms with van der Waals surface area (Å²) in [5.41, 5.74) is 1.17. The summed E-state index contributed by atoms with van der Waals surface area (Å²) in [7, 11) is 0. The molecule has 0 spiro atoms.